The van der Waals surface area contributed by atoms with Crippen molar-refractivity contribution in [1.29, 1.82) is 0 Å². The van der Waals surface area contributed by atoms with E-state index in [2.05, 4.69) is 30.4 Å². The first-order valence-corrected chi connectivity index (χ1v) is 4.36. The molecule has 0 aliphatic carbocycles. The monoisotopic (exact) mass is 163 g/mol. The van der Waals surface area contributed by atoms with Crippen LogP contribution in [0.5, 0.6) is 0 Å². The van der Waals surface area contributed by atoms with Gasteiger partial charge in [0.1, 0.15) is 0 Å². The Bertz CT molecular complexity index is 389. The van der Waals surface area contributed by atoms with Gasteiger partial charge in [-0.05, 0) is 37.0 Å². The molecule has 0 spiro atoms. The lowest BCUT2D eigenvalue weighted by Crippen LogP contribution is -1.75. The molecule has 0 radical (unpaired) electrons. The molecule has 1 nitrogen and oxygen atoms in total. The van der Waals surface area contributed by atoms with E-state index in [9.17, 15) is 0 Å². The summed E-state index contributed by atoms with van der Waals surface area (Å²) in [5, 5.41) is 1.27. The first-order chi connectivity index (χ1) is 5.27. The highest BCUT2D eigenvalue weighted by atomic mass is 32.1. The molecule has 0 amide bonds. The van der Waals surface area contributed by atoms with Gasteiger partial charge in [-0.3, -0.25) is 0 Å². The van der Waals surface area contributed by atoms with Crippen molar-refractivity contribution in [1.82, 2.24) is 4.37 Å². The van der Waals surface area contributed by atoms with Crippen molar-refractivity contribution in [2.24, 2.45) is 0 Å². The molecule has 0 aliphatic heterocycles. The Labute approximate surface area is 69.8 Å². The van der Waals surface area contributed by atoms with Gasteiger partial charge in [-0.25, -0.2) is 0 Å². The van der Waals surface area contributed by atoms with E-state index >= 15 is 0 Å². The molecular weight excluding hydrogens is 154 g/mol. The predicted molar refractivity (Wildman–Crippen MR) is 49.1 cm³/mol. The highest BCUT2D eigenvalue weighted by Crippen LogP contribution is 2.23. The minimum absolute atomic E-state index is 1.27. The lowest BCUT2D eigenvalue weighted by molar-refractivity contribution is 1.44. The molecule has 1 heterocycles. The van der Waals surface area contributed by atoms with Crippen LogP contribution in [-0.4, -0.2) is 4.37 Å². The number of benzene rings is 1. The summed E-state index contributed by atoms with van der Waals surface area (Å²) in [5.41, 5.74) is 2.65. The maximum atomic E-state index is 4.14. The van der Waals surface area contributed by atoms with Gasteiger partial charge in [0.2, 0.25) is 0 Å². The van der Waals surface area contributed by atoms with Crippen LogP contribution in [0, 0.1) is 13.8 Å². The van der Waals surface area contributed by atoms with Crippen LogP contribution >= 0.6 is 11.5 Å². The zero-order valence-electron chi connectivity index (χ0n) is 6.59. The van der Waals surface area contributed by atoms with Crippen molar-refractivity contribution in [3.63, 3.8) is 0 Å². The zero-order chi connectivity index (χ0) is 7.84. The largest absolute Gasteiger partial charge is 0.200 e. The first kappa shape index (κ1) is 6.80. The van der Waals surface area contributed by atoms with Gasteiger partial charge in [0.05, 0.1) is 4.70 Å². The van der Waals surface area contributed by atoms with Gasteiger partial charge in [-0.2, -0.15) is 4.37 Å². The summed E-state index contributed by atoms with van der Waals surface area (Å²) in [5.74, 6) is 0. The SMILES string of the molecule is Cc1cc(C)c2sncc2c1. The fraction of sp³-hybridized carbons (Fsp3) is 0.222. The second-order valence-corrected chi connectivity index (χ2v) is 3.63. The molecule has 11 heavy (non-hydrogen) atoms. The Morgan fingerprint density at radius 3 is 2.91 bits per heavy atom. The van der Waals surface area contributed by atoms with E-state index in [0.717, 1.165) is 0 Å². The quantitative estimate of drug-likeness (QED) is 0.582. The molecule has 0 saturated heterocycles. The molecule has 2 rings (SSSR count). The maximum absolute atomic E-state index is 4.14. The third kappa shape index (κ3) is 1.03. The van der Waals surface area contributed by atoms with Gasteiger partial charge < -0.3 is 0 Å². The average molecular weight is 163 g/mol. The number of aromatic nitrogens is 1. The molecule has 1 aromatic carbocycles. The summed E-state index contributed by atoms with van der Waals surface area (Å²) in [4.78, 5) is 0. The van der Waals surface area contributed by atoms with Crippen molar-refractivity contribution in [2.45, 2.75) is 13.8 Å². The van der Waals surface area contributed by atoms with E-state index in [1.54, 1.807) is 11.5 Å². The van der Waals surface area contributed by atoms with Crippen LogP contribution in [-0.2, 0) is 0 Å². The number of hydrogen-bond acceptors (Lipinski definition) is 2. The molecule has 0 bridgehead atoms. The fourth-order valence-corrected chi connectivity index (χ4v) is 2.04. The highest BCUT2D eigenvalue weighted by Gasteiger charge is 1.99. The van der Waals surface area contributed by atoms with E-state index in [1.165, 1.54) is 21.2 Å². The summed E-state index contributed by atoms with van der Waals surface area (Å²) in [6.07, 6.45) is 1.93. The molecule has 56 valence electrons. The fourth-order valence-electron chi connectivity index (χ4n) is 1.34. The first-order valence-electron chi connectivity index (χ1n) is 3.59. The number of aryl methyl sites for hydroxylation is 2. The Hall–Kier alpha value is -0.890. The number of rotatable bonds is 0. The summed E-state index contributed by atoms with van der Waals surface area (Å²) in [6, 6.07) is 4.37. The van der Waals surface area contributed by atoms with E-state index in [-0.39, 0.29) is 0 Å². The number of nitrogens with zero attached hydrogens (tertiary/aromatic N) is 1. The smallest absolute Gasteiger partial charge is 0.0579 e. The predicted octanol–water partition coefficient (Wildman–Crippen LogP) is 2.91. The molecule has 0 fully saturated rings. The number of fused-ring (bicyclic) bond motifs is 1. The van der Waals surface area contributed by atoms with E-state index < -0.39 is 0 Å². The van der Waals surface area contributed by atoms with Gasteiger partial charge >= 0.3 is 0 Å². The van der Waals surface area contributed by atoms with Crippen molar-refractivity contribution >= 4 is 21.6 Å². The zero-order valence-corrected chi connectivity index (χ0v) is 7.40. The Kier molecular flexibility index (Phi) is 1.43. The Morgan fingerprint density at radius 2 is 2.09 bits per heavy atom. The second kappa shape index (κ2) is 2.31. The molecule has 0 aliphatic rings. The standard InChI is InChI=1S/C9H9NS/c1-6-3-7(2)9-8(4-6)5-10-11-9/h3-5H,1-2H3. The molecular formula is C9H9NS. The number of hydrogen-bond donors (Lipinski definition) is 0. The molecule has 2 aromatic rings. The molecule has 0 unspecified atom stereocenters. The lowest BCUT2D eigenvalue weighted by Gasteiger charge is -1.96. The van der Waals surface area contributed by atoms with Gasteiger partial charge in [0, 0.05) is 11.6 Å². The normalized spacial score (nSPS) is 10.7. The molecule has 1 aromatic heterocycles. The van der Waals surface area contributed by atoms with Crippen molar-refractivity contribution in [3.8, 4) is 0 Å². The van der Waals surface area contributed by atoms with Crippen molar-refractivity contribution in [2.75, 3.05) is 0 Å². The van der Waals surface area contributed by atoms with Crippen LogP contribution < -0.4 is 0 Å². The summed E-state index contributed by atoms with van der Waals surface area (Å²) in [6.45, 7) is 4.25. The van der Waals surface area contributed by atoms with Gasteiger partial charge in [0.25, 0.3) is 0 Å². The maximum Gasteiger partial charge on any atom is 0.0579 e. The van der Waals surface area contributed by atoms with Crippen LogP contribution in [0.25, 0.3) is 10.1 Å². The second-order valence-electron chi connectivity index (χ2n) is 2.83. The minimum Gasteiger partial charge on any atom is -0.200 e. The lowest BCUT2D eigenvalue weighted by atomic mass is 10.1. The van der Waals surface area contributed by atoms with Gasteiger partial charge in [0.15, 0.2) is 0 Å². The van der Waals surface area contributed by atoms with Crippen LogP contribution in [0.1, 0.15) is 11.1 Å². The Morgan fingerprint density at radius 1 is 1.27 bits per heavy atom. The van der Waals surface area contributed by atoms with Crippen LogP contribution in [0.2, 0.25) is 0 Å². The van der Waals surface area contributed by atoms with Gasteiger partial charge in [-0.15, -0.1) is 0 Å². The van der Waals surface area contributed by atoms with Crippen molar-refractivity contribution < 1.29 is 0 Å². The van der Waals surface area contributed by atoms with E-state index in [1.807, 2.05) is 6.20 Å². The summed E-state index contributed by atoms with van der Waals surface area (Å²) < 4.78 is 5.46. The topological polar surface area (TPSA) is 12.9 Å². The van der Waals surface area contributed by atoms with E-state index in [0.29, 0.717) is 0 Å². The summed E-state index contributed by atoms with van der Waals surface area (Å²) >= 11 is 1.57. The Balaban J connectivity index is 2.91. The van der Waals surface area contributed by atoms with Gasteiger partial charge in [-0.1, -0.05) is 11.6 Å². The highest BCUT2D eigenvalue weighted by molar-refractivity contribution is 7.13. The molecule has 0 atom stereocenters. The van der Waals surface area contributed by atoms with Crippen LogP contribution in [0.3, 0.4) is 0 Å². The molecule has 2 heteroatoms. The van der Waals surface area contributed by atoms with Crippen molar-refractivity contribution in [3.05, 3.63) is 29.5 Å². The van der Waals surface area contributed by atoms with E-state index in [4.69, 9.17) is 0 Å². The van der Waals surface area contributed by atoms with Crippen LogP contribution in [0.4, 0.5) is 0 Å². The molecule has 0 saturated carbocycles. The third-order valence-corrected chi connectivity index (χ3v) is 2.73. The average Bonchev–Trinajstić information content (AvgIpc) is 2.34. The third-order valence-electron chi connectivity index (χ3n) is 1.78. The van der Waals surface area contributed by atoms with Crippen LogP contribution in [0.15, 0.2) is 18.3 Å². The summed E-state index contributed by atoms with van der Waals surface area (Å²) in [7, 11) is 0. The molecule has 0 N–H and O–H groups in total. The minimum atomic E-state index is 1.27.